The Kier molecular flexibility index (Phi) is 6.05. The molecule has 0 aliphatic heterocycles. The Labute approximate surface area is 126 Å². The van der Waals surface area contributed by atoms with Gasteiger partial charge in [-0.05, 0) is 38.0 Å². The molecule has 0 aliphatic carbocycles. The summed E-state index contributed by atoms with van der Waals surface area (Å²) in [5, 5.41) is 20.1. The number of carbonyl (C=O) groups is 1. The molecule has 21 heavy (non-hydrogen) atoms. The van der Waals surface area contributed by atoms with Crippen LogP contribution in [0.1, 0.15) is 51.4 Å². The van der Waals surface area contributed by atoms with Gasteiger partial charge in [-0.15, -0.1) is 5.10 Å². The summed E-state index contributed by atoms with van der Waals surface area (Å²) in [6.45, 7) is 10.9. The predicted molar refractivity (Wildman–Crippen MR) is 82.2 cm³/mol. The Morgan fingerprint density at radius 2 is 1.86 bits per heavy atom. The van der Waals surface area contributed by atoms with Crippen molar-refractivity contribution in [3.05, 3.63) is 11.4 Å². The summed E-state index contributed by atoms with van der Waals surface area (Å²) in [5.74, 6) is 0.128. The number of aromatic nitrogens is 3. The zero-order valence-electron chi connectivity index (χ0n) is 13.6. The zero-order chi connectivity index (χ0) is 16.0. The smallest absolute Gasteiger partial charge is 0.303 e. The fraction of sp³-hybridized carbons (Fsp3) is 0.733. The molecular weight excluding hydrogens is 268 g/mol. The van der Waals surface area contributed by atoms with E-state index in [1.54, 1.807) is 0 Å². The first-order chi connectivity index (χ1) is 9.70. The molecule has 0 bridgehead atoms. The summed E-state index contributed by atoms with van der Waals surface area (Å²) in [7, 11) is 0. The molecular formula is C15H26N4O2. The van der Waals surface area contributed by atoms with Gasteiger partial charge in [0.15, 0.2) is 0 Å². The van der Waals surface area contributed by atoms with Gasteiger partial charge in [0, 0.05) is 13.0 Å². The summed E-state index contributed by atoms with van der Waals surface area (Å²) in [6.07, 6.45) is 1.78. The maximum atomic E-state index is 10.8. The van der Waals surface area contributed by atoms with E-state index in [4.69, 9.17) is 5.11 Å². The van der Waals surface area contributed by atoms with E-state index in [1.807, 2.05) is 13.8 Å². The highest BCUT2D eigenvalue weighted by Crippen LogP contribution is 2.32. The van der Waals surface area contributed by atoms with Gasteiger partial charge in [0.25, 0.3) is 0 Å². The second-order valence-corrected chi connectivity index (χ2v) is 6.52. The minimum Gasteiger partial charge on any atom is -0.481 e. The number of hydrogen-bond donors (Lipinski definition) is 2. The van der Waals surface area contributed by atoms with Crippen LogP contribution in [0.2, 0.25) is 0 Å². The van der Waals surface area contributed by atoms with Gasteiger partial charge in [0.05, 0.1) is 11.4 Å². The second-order valence-electron chi connectivity index (χ2n) is 6.52. The molecule has 0 saturated heterocycles. The van der Waals surface area contributed by atoms with Gasteiger partial charge in [-0.1, -0.05) is 20.8 Å². The summed E-state index contributed by atoms with van der Waals surface area (Å²) >= 11 is 0. The van der Waals surface area contributed by atoms with Crippen molar-refractivity contribution >= 4 is 11.9 Å². The van der Waals surface area contributed by atoms with E-state index in [0.29, 0.717) is 24.8 Å². The standard InChI is InChI=1S/C15H26N4O2/c1-10-11(2)18-19-14(17-10)16-9-8-12(15(3,4)5)6-7-13(20)21/h12H,6-9H2,1-5H3,(H,20,21)(H,16,17,19). The van der Waals surface area contributed by atoms with Gasteiger partial charge in [-0.25, -0.2) is 4.98 Å². The molecule has 0 radical (unpaired) electrons. The molecule has 1 aromatic rings. The van der Waals surface area contributed by atoms with Crippen molar-refractivity contribution in [3.8, 4) is 0 Å². The lowest BCUT2D eigenvalue weighted by Crippen LogP contribution is -2.24. The minimum absolute atomic E-state index is 0.0828. The van der Waals surface area contributed by atoms with Gasteiger partial charge >= 0.3 is 5.97 Å². The van der Waals surface area contributed by atoms with E-state index in [0.717, 1.165) is 17.8 Å². The third-order valence-electron chi connectivity index (χ3n) is 3.80. The second kappa shape index (κ2) is 7.33. The highest BCUT2D eigenvalue weighted by Gasteiger charge is 2.24. The van der Waals surface area contributed by atoms with Crippen LogP contribution in [0.5, 0.6) is 0 Å². The Hall–Kier alpha value is -1.72. The van der Waals surface area contributed by atoms with Crippen LogP contribution < -0.4 is 5.32 Å². The summed E-state index contributed by atoms with van der Waals surface area (Å²) in [5.41, 5.74) is 1.78. The highest BCUT2D eigenvalue weighted by atomic mass is 16.4. The molecule has 0 spiro atoms. The third-order valence-corrected chi connectivity index (χ3v) is 3.80. The molecule has 0 aromatic carbocycles. The van der Waals surface area contributed by atoms with Gasteiger partial charge in [0.1, 0.15) is 0 Å². The van der Waals surface area contributed by atoms with E-state index < -0.39 is 5.97 Å². The van der Waals surface area contributed by atoms with Crippen LogP contribution in [0.15, 0.2) is 0 Å². The number of aliphatic carboxylic acids is 1. The molecule has 6 nitrogen and oxygen atoms in total. The third kappa shape index (κ3) is 6.06. The number of nitrogens with zero attached hydrogens (tertiary/aromatic N) is 3. The average molecular weight is 294 g/mol. The van der Waals surface area contributed by atoms with Gasteiger partial charge in [-0.3, -0.25) is 4.79 Å². The molecule has 1 atom stereocenters. The first-order valence-electron chi connectivity index (χ1n) is 7.33. The monoisotopic (exact) mass is 294 g/mol. The molecule has 0 saturated carbocycles. The first-order valence-corrected chi connectivity index (χ1v) is 7.33. The fourth-order valence-corrected chi connectivity index (χ4v) is 2.20. The van der Waals surface area contributed by atoms with Crippen LogP contribution in [0.25, 0.3) is 0 Å². The number of rotatable bonds is 7. The number of hydrogen-bond acceptors (Lipinski definition) is 5. The van der Waals surface area contributed by atoms with E-state index >= 15 is 0 Å². The van der Waals surface area contributed by atoms with E-state index in [1.165, 1.54) is 0 Å². The van der Waals surface area contributed by atoms with Crippen molar-refractivity contribution in [2.75, 3.05) is 11.9 Å². The van der Waals surface area contributed by atoms with E-state index in [9.17, 15) is 4.79 Å². The fourth-order valence-electron chi connectivity index (χ4n) is 2.20. The highest BCUT2D eigenvalue weighted by molar-refractivity contribution is 5.66. The van der Waals surface area contributed by atoms with Crippen LogP contribution in [0.4, 0.5) is 5.95 Å². The van der Waals surface area contributed by atoms with Crippen LogP contribution in [0, 0.1) is 25.2 Å². The predicted octanol–water partition coefficient (Wildman–Crippen LogP) is 2.82. The van der Waals surface area contributed by atoms with Crippen LogP contribution in [-0.2, 0) is 4.79 Å². The molecule has 1 heterocycles. The molecule has 2 N–H and O–H groups in total. The quantitative estimate of drug-likeness (QED) is 0.804. The first kappa shape index (κ1) is 17.3. The van der Waals surface area contributed by atoms with Crippen molar-refractivity contribution in [2.24, 2.45) is 11.3 Å². The van der Waals surface area contributed by atoms with Crippen molar-refractivity contribution in [3.63, 3.8) is 0 Å². The molecule has 1 unspecified atom stereocenters. The number of carboxylic acid groups (broad SMARTS) is 1. The molecule has 118 valence electrons. The van der Waals surface area contributed by atoms with E-state index in [-0.39, 0.29) is 11.8 Å². The van der Waals surface area contributed by atoms with E-state index in [2.05, 4.69) is 41.3 Å². The maximum absolute atomic E-state index is 10.8. The molecule has 6 heteroatoms. The molecule has 1 aromatic heterocycles. The Morgan fingerprint density at radius 3 is 2.38 bits per heavy atom. The number of aryl methyl sites for hydroxylation is 2. The number of nitrogens with one attached hydrogen (secondary N) is 1. The van der Waals surface area contributed by atoms with Crippen molar-refractivity contribution in [1.29, 1.82) is 0 Å². The lowest BCUT2D eigenvalue weighted by molar-refractivity contribution is -0.137. The molecule has 0 amide bonds. The zero-order valence-corrected chi connectivity index (χ0v) is 13.6. The minimum atomic E-state index is -0.737. The topological polar surface area (TPSA) is 88.0 Å². The normalized spacial score (nSPS) is 13.0. The average Bonchev–Trinajstić information content (AvgIpc) is 2.35. The summed E-state index contributed by atoms with van der Waals surface area (Å²) < 4.78 is 0. The molecule has 0 aliphatic rings. The van der Waals surface area contributed by atoms with Crippen LogP contribution in [-0.4, -0.2) is 32.8 Å². The molecule has 0 fully saturated rings. The Balaban J connectivity index is 2.52. The summed E-state index contributed by atoms with van der Waals surface area (Å²) in [6, 6.07) is 0. The molecule has 1 rings (SSSR count). The van der Waals surface area contributed by atoms with Gasteiger partial charge in [-0.2, -0.15) is 5.10 Å². The lowest BCUT2D eigenvalue weighted by atomic mass is 9.76. The number of anilines is 1. The van der Waals surface area contributed by atoms with Crippen molar-refractivity contribution in [2.45, 2.75) is 53.9 Å². The van der Waals surface area contributed by atoms with Crippen LogP contribution >= 0.6 is 0 Å². The largest absolute Gasteiger partial charge is 0.481 e. The Morgan fingerprint density at radius 1 is 1.19 bits per heavy atom. The summed E-state index contributed by atoms with van der Waals surface area (Å²) in [4.78, 5) is 15.1. The van der Waals surface area contributed by atoms with Crippen molar-refractivity contribution in [1.82, 2.24) is 15.2 Å². The van der Waals surface area contributed by atoms with Gasteiger partial charge in [0.2, 0.25) is 5.95 Å². The Bertz CT molecular complexity index is 483. The van der Waals surface area contributed by atoms with Crippen LogP contribution in [0.3, 0.4) is 0 Å². The SMILES string of the molecule is Cc1nnc(NCCC(CCC(=O)O)C(C)(C)C)nc1C. The van der Waals surface area contributed by atoms with Crippen molar-refractivity contribution < 1.29 is 9.90 Å². The lowest BCUT2D eigenvalue weighted by Gasteiger charge is -2.30. The number of carboxylic acids is 1. The van der Waals surface area contributed by atoms with Gasteiger partial charge < -0.3 is 10.4 Å². The maximum Gasteiger partial charge on any atom is 0.303 e.